The van der Waals surface area contributed by atoms with Crippen molar-refractivity contribution in [3.63, 3.8) is 0 Å². The van der Waals surface area contributed by atoms with E-state index in [4.69, 9.17) is 0 Å². The lowest BCUT2D eigenvalue weighted by Crippen LogP contribution is -2.01. The predicted octanol–water partition coefficient (Wildman–Crippen LogP) is 3.30. The molecule has 1 heterocycles. The van der Waals surface area contributed by atoms with Crippen molar-refractivity contribution in [3.05, 3.63) is 40.5 Å². The van der Waals surface area contributed by atoms with E-state index in [-0.39, 0.29) is 0 Å². The third-order valence-corrected chi connectivity index (χ3v) is 2.73. The highest BCUT2D eigenvalue weighted by Crippen LogP contribution is 2.24. The summed E-state index contributed by atoms with van der Waals surface area (Å²) < 4.78 is 26.5. The van der Waals surface area contributed by atoms with E-state index in [0.29, 0.717) is 21.9 Å². The number of benzene rings is 1. The summed E-state index contributed by atoms with van der Waals surface area (Å²) in [5.74, 6) is -0.930. The van der Waals surface area contributed by atoms with Crippen LogP contribution in [0.15, 0.2) is 28.9 Å². The van der Waals surface area contributed by atoms with Crippen molar-refractivity contribution in [2.24, 2.45) is 0 Å². The number of rotatable bonds is 3. The monoisotopic (exact) mass is 314 g/mol. The zero-order chi connectivity index (χ0) is 13.1. The van der Waals surface area contributed by atoms with Gasteiger partial charge in [-0.05, 0) is 28.1 Å². The molecule has 1 aromatic heterocycles. The third kappa shape index (κ3) is 2.73. The molecule has 94 valence electrons. The maximum absolute atomic E-state index is 13.1. The summed E-state index contributed by atoms with van der Waals surface area (Å²) in [6.45, 7) is 0. The highest BCUT2D eigenvalue weighted by Gasteiger charge is 2.07. The molecular formula is C11H9BrF2N4. The Labute approximate surface area is 111 Å². The van der Waals surface area contributed by atoms with Gasteiger partial charge in [0.2, 0.25) is 5.95 Å². The van der Waals surface area contributed by atoms with Crippen molar-refractivity contribution in [2.45, 2.75) is 0 Å². The molecule has 1 aromatic carbocycles. The van der Waals surface area contributed by atoms with Gasteiger partial charge in [0.25, 0.3) is 0 Å². The number of halogens is 3. The fourth-order valence-corrected chi connectivity index (χ4v) is 1.58. The van der Waals surface area contributed by atoms with Crippen LogP contribution in [0.25, 0.3) is 0 Å². The van der Waals surface area contributed by atoms with Gasteiger partial charge in [-0.15, -0.1) is 0 Å². The van der Waals surface area contributed by atoms with Gasteiger partial charge >= 0.3 is 0 Å². The second-order valence-electron chi connectivity index (χ2n) is 3.39. The minimum atomic E-state index is -0.918. The van der Waals surface area contributed by atoms with Crippen LogP contribution < -0.4 is 10.6 Å². The van der Waals surface area contributed by atoms with E-state index in [1.54, 1.807) is 13.2 Å². The maximum atomic E-state index is 13.1. The Balaban J connectivity index is 2.30. The van der Waals surface area contributed by atoms with E-state index in [0.717, 1.165) is 12.1 Å². The van der Waals surface area contributed by atoms with E-state index >= 15 is 0 Å². The topological polar surface area (TPSA) is 49.8 Å². The summed E-state index contributed by atoms with van der Waals surface area (Å²) in [6, 6.07) is 3.53. The number of anilines is 3. The highest BCUT2D eigenvalue weighted by molar-refractivity contribution is 9.10. The Kier molecular flexibility index (Phi) is 3.71. The van der Waals surface area contributed by atoms with Gasteiger partial charge in [0.05, 0.1) is 4.47 Å². The largest absolute Gasteiger partial charge is 0.357 e. The van der Waals surface area contributed by atoms with Gasteiger partial charge < -0.3 is 10.6 Å². The molecule has 2 aromatic rings. The standard InChI is InChI=1S/C11H9BrF2N4/c1-15-11-16-5-7(12)10(18-11)17-6-2-3-8(13)9(14)4-6/h2-5H,1H3,(H2,15,16,17,18). The summed E-state index contributed by atoms with van der Waals surface area (Å²) in [7, 11) is 1.69. The normalized spacial score (nSPS) is 10.2. The Morgan fingerprint density at radius 1 is 1.22 bits per heavy atom. The molecular weight excluding hydrogens is 306 g/mol. The molecule has 0 aliphatic carbocycles. The molecule has 2 rings (SSSR count). The van der Waals surface area contributed by atoms with Crippen LogP contribution in [0.2, 0.25) is 0 Å². The number of hydrogen-bond donors (Lipinski definition) is 2. The molecule has 0 bridgehead atoms. The van der Waals surface area contributed by atoms with Crippen molar-refractivity contribution in [3.8, 4) is 0 Å². The summed E-state index contributed by atoms with van der Waals surface area (Å²) in [5, 5.41) is 5.65. The molecule has 0 radical (unpaired) electrons. The van der Waals surface area contributed by atoms with Crippen molar-refractivity contribution < 1.29 is 8.78 Å². The van der Waals surface area contributed by atoms with Crippen LogP contribution in [0.1, 0.15) is 0 Å². The molecule has 0 aliphatic rings. The van der Waals surface area contributed by atoms with Crippen LogP contribution in [0.3, 0.4) is 0 Å². The Morgan fingerprint density at radius 2 is 2.00 bits per heavy atom. The van der Waals surface area contributed by atoms with Crippen LogP contribution >= 0.6 is 15.9 Å². The van der Waals surface area contributed by atoms with Crippen molar-refractivity contribution in [1.29, 1.82) is 0 Å². The van der Waals surface area contributed by atoms with E-state index in [1.165, 1.54) is 6.07 Å². The lowest BCUT2D eigenvalue weighted by molar-refractivity contribution is 0.509. The summed E-state index contributed by atoms with van der Waals surface area (Å²) in [4.78, 5) is 8.13. The van der Waals surface area contributed by atoms with Crippen LogP contribution in [0, 0.1) is 11.6 Å². The molecule has 2 N–H and O–H groups in total. The van der Waals surface area contributed by atoms with E-state index in [1.807, 2.05) is 0 Å². The predicted molar refractivity (Wildman–Crippen MR) is 68.9 cm³/mol. The van der Waals surface area contributed by atoms with E-state index in [2.05, 4.69) is 36.5 Å². The number of hydrogen-bond acceptors (Lipinski definition) is 4. The third-order valence-electron chi connectivity index (χ3n) is 2.15. The van der Waals surface area contributed by atoms with Crippen molar-refractivity contribution in [2.75, 3.05) is 17.7 Å². The van der Waals surface area contributed by atoms with Gasteiger partial charge in [-0.1, -0.05) is 0 Å². The quantitative estimate of drug-likeness (QED) is 0.912. The van der Waals surface area contributed by atoms with Gasteiger partial charge in [-0.3, -0.25) is 0 Å². The minimum absolute atomic E-state index is 0.398. The van der Waals surface area contributed by atoms with Crippen molar-refractivity contribution >= 4 is 33.4 Å². The molecule has 0 fully saturated rings. The molecule has 0 spiro atoms. The zero-order valence-electron chi connectivity index (χ0n) is 9.34. The first-order valence-corrected chi connectivity index (χ1v) is 5.82. The highest BCUT2D eigenvalue weighted by atomic mass is 79.9. The summed E-state index contributed by atoms with van der Waals surface area (Å²) in [6.07, 6.45) is 1.56. The second-order valence-corrected chi connectivity index (χ2v) is 4.25. The fourth-order valence-electron chi connectivity index (χ4n) is 1.29. The first-order valence-electron chi connectivity index (χ1n) is 5.02. The average molecular weight is 315 g/mol. The van der Waals surface area contributed by atoms with Gasteiger partial charge in [-0.2, -0.15) is 4.98 Å². The molecule has 18 heavy (non-hydrogen) atoms. The summed E-state index contributed by atoms with van der Waals surface area (Å²) in [5.41, 5.74) is 0.398. The lowest BCUT2D eigenvalue weighted by atomic mass is 10.3. The minimum Gasteiger partial charge on any atom is -0.357 e. The first kappa shape index (κ1) is 12.7. The summed E-state index contributed by atoms with van der Waals surface area (Å²) >= 11 is 3.27. The first-order chi connectivity index (χ1) is 8.60. The Morgan fingerprint density at radius 3 is 2.67 bits per heavy atom. The molecule has 0 unspecified atom stereocenters. The smallest absolute Gasteiger partial charge is 0.224 e. The molecule has 0 atom stereocenters. The molecule has 0 aliphatic heterocycles. The molecule has 0 saturated carbocycles. The molecule has 4 nitrogen and oxygen atoms in total. The van der Waals surface area contributed by atoms with Crippen LogP contribution in [-0.4, -0.2) is 17.0 Å². The van der Waals surface area contributed by atoms with Gasteiger partial charge in [0.15, 0.2) is 11.6 Å². The zero-order valence-corrected chi connectivity index (χ0v) is 10.9. The van der Waals surface area contributed by atoms with Gasteiger partial charge in [0, 0.05) is 25.0 Å². The number of aromatic nitrogens is 2. The van der Waals surface area contributed by atoms with E-state index in [9.17, 15) is 8.78 Å². The van der Waals surface area contributed by atoms with Gasteiger partial charge in [0.1, 0.15) is 5.82 Å². The average Bonchev–Trinajstić information content (AvgIpc) is 2.36. The van der Waals surface area contributed by atoms with Crippen LogP contribution in [0.5, 0.6) is 0 Å². The Bertz CT molecular complexity index is 577. The van der Waals surface area contributed by atoms with Crippen LogP contribution in [-0.2, 0) is 0 Å². The lowest BCUT2D eigenvalue weighted by Gasteiger charge is -2.09. The molecule has 0 saturated heterocycles. The van der Waals surface area contributed by atoms with Crippen LogP contribution in [0.4, 0.5) is 26.2 Å². The van der Waals surface area contributed by atoms with E-state index < -0.39 is 11.6 Å². The number of nitrogens with zero attached hydrogens (tertiary/aromatic N) is 2. The number of nitrogens with one attached hydrogen (secondary N) is 2. The SMILES string of the molecule is CNc1ncc(Br)c(Nc2ccc(F)c(F)c2)n1. The molecule has 7 heteroatoms. The maximum Gasteiger partial charge on any atom is 0.224 e. The molecule has 0 amide bonds. The Hall–Kier alpha value is -1.76. The fraction of sp³-hybridized carbons (Fsp3) is 0.0909. The second kappa shape index (κ2) is 5.26. The van der Waals surface area contributed by atoms with Crippen molar-refractivity contribution in [1.82, 2.24) is 9.97 Å². The van der Waals surface area contributed by atoms with Gasteiger partial charge in [-0.25, -0.2) is 13.8 Å².